The number of imide groups is 1. The van der Waals surface area contributed by atoms with E-state index in [-0.39, 0.29) is 69.1 Å². The van der Waals surface area contributed by atoms with Gasteiger partial charge in [-0.1, -0.05) is 6.42 Å². The average molecular weight is 276 g/mol. The zero-order chi connectivity index (χ0) is 12.7. The molecule has 1 heterocycles. The molecule has 0 radical (unpaired) electrons. The van der Waals surface area contributed by atoms with Crippen LogP contribution in [0.5, 0.6) is 0 Å². The number of rotatable bonds is 7. The fraction of sp³-hybridized carbons (Fsp3) is 0.500. The summed E-state index contributed by atoms with van der Waals surface area (Å²) < 4.78 is 0. The molecule has 0 unspecified atom stereocenters. The van der Waals surface area contributed by atoms with Crippen LogP contribution in [0.1, 0.15) is 25.7 Å². The van der Waals surface area contributed by atoms with E-state index in [2.05, 4.69) is 12.2 Å². The van der Waals surface area contributed by atoms with E-state index in [0.29, 0.717) is 25.9 Å². The molecule has 18 heavy (non-hydrogen) atoms. The van der Waals surface area contributed by atoms with Crippen molar-refractivity contribution in [1.82, 2.24) is 10.2 Å². The van der Waals surface area contributed by atoms with Gasteiger partial charge in [-0.25, -0.2) is 0 Å². The third-order valence-electron chi connectivity index (χ3n) is 2.44. The predicted octanol–water partition coefficient (Wildman–Crippen LogP) is -2.57. The fourth-order valence-corrected chi connectivity index (χ4v) is 1.49. The Balaban J connectivity index is 0.00000289. The molecule has 3 amide bonds. The van der Waals surface area contributed by atoms with Gasteiger partial charge >= 0.3 is 51.4 Å². The third kappa shape index (κ3) is 6.24. The van der Waals surface area contributed by atoms with Gasteiger partial charge in [0, 0.05) is 31.7 Å². The smallest absolute Gasteiger partial charge is 0.356 e. The second-order valence-electron chi connectivity index (χ2n) is 3.82. The first-order valence-electron chi connectivity index (χ1n) is 5.74. The van der Waals surface area contributed by atoms with Crippen LogP contribution in [0.25, 0.3) is 0 Å². The molecule has 0 bridgehead atoms. The van der Waals surface area contributed by atoms with Crippen molar-refractivity contribution < 1.29 is 65.8 Å². The molecule has 1 rings (SSSR count). The number of nitrogens with zero attached hydrogens (tertiary/aromatic N) is 1. The Hall–Kier alpha value is -0.0136. The van der Waals surface area contributed by atoms with Crippen LogP contribution in [-0.2, 0) is 14.4 Å². The number of carbonyl (C=O) groups is 3. The van der Waals surface area contributed by atoms with Gasteiger partial charge < -0.3 is 12.2 Å². The van der Waals surface area contributed by atoms with Crippen LogP contribution < -0.4 is 56.7 Å². The Morgan fingerprint density at radius 2 is 1.83 bits per heavy atom. The van der Waals surface area contributed by atoms with Gasteiger partial charge in [0.15, 0.2) is 0 Å². The van der Waals surface area contributed by atoms with E-state index in [4.69, 9.17) is 0 Å². The van der Waals surface area contributed by atoms with E-state index in [1.54, 1.807) is 0 Å². The Morgan fingerprint density at radius 1 is 1.22 bits per heavy atom. The van der Waals surface area contributed by atoms with Gasteiger partial charge in [-0.05, 0) is 6.42 Å². The molecule has 0 aromatic carbocycles. The van der Waals surface area contributed by atoms with Crippen molar-refractivity contribution in [2.24, 2.45) is 0 Å². The van der Waals surface area contributed by atoms with Crippen LogP contribution >= 0.6 is 0 Å². The normalized spacial score (nSPS) is 13.7. The summed E-state index contributed by atoms with van der Waals surface area (Å²) in [6.07, 6.45) is 4.97. The molecule has 1 N–H and O–H groups in total. The van der Waals surface area contributed by atoms with Crippen molar-refractivity contribution in [3.8, 4) is 0 Å². The number of hydrogen-bond acceptors (Lipinski definition) is 3. The first kappa shape index (κ1) is 18.0. The summed E-state index contributed by atoms with van der Waals surface area (Å²) in [6, 6.07) is 0. The molecule has 0 spiro atoms. The van der Waals surface area contributed by atoms with Crippen molar-refractivity contribution in [2.75, 3.05) is 13.1 Å². The summed E-state index contributed by atoms with van der Waals surface area (Å²) >= 11 is 0. The summed E-state index contributed by atoms with van der Waals surface area (Å²) in [5.41, 5.74) is 0. The van der Waals surface area contributed by atoms with Crippen LogP contribution in [0, 0.1) is 6.92 Å². The zero-order valence-corrected chi connectivity index (χ0v) is 13.9. The molecule has 0 aliphatic carbocycles. The molecule has 0 saturated carbocycles. The van der Waals surface area contributed by atoms with Crippen LogP contribution in [0.4, 0.5) is 0 Å². The van der Waals surface area contributed by atoms with Crippen molar-refractivity contribution in [2.45, 2.75) is 25.7 Å². The topological polar surface area (TPSA) is 66.5 Å². The molecule has 5 nitrogen and oxygen atoms in total. The number of nitrogens with one attached hydrogen (secondary N) is 1. The minimum Gasteiger partial charge on any atom is -0.356 e. The Bertz CT molecular complexity index is 324. The van der Waals surface area contributed by atoms with Crippen molar-refractivity contribution in [3.05, 3.63) is 19.1 Å². The number of amides is 3. The minimum atomic E-state index is -0.299. The summed E-state index contributed by atoms with van der Waals surface area (Å²) in [7, 11) is 0. The number of carbonyl (C=O) groups excluding carboxylic acids is 3. The first-order chi connectivity index (χ1) is 8.15. The van der Waals surface area contributed by atoms with E-state index >= 15 is 0 Å². The van der Waals surface area contributed by atoms with E-state index in [1.807, 2.05) is 0 Å². The van der Waals surface area contributed by atoms with Gasteiger partial charge in [0.2, 0.25) is 5.91 Å². The van der Waals surface area contributed by atoms with E-state index < -0.39 is 0 Å². The summed E-state index contributed by atoms with van der Waals surface area (Å²) in [5.74, 6) is -0.648. The van der Waals surface area contributed by atoms with Crippen molar-refractivity contribution >= 4 is 17.7 Å². The summed E-state index contributed by atoms with van der Waals surface area (Å²) in [5, 5.41) is 2.75. The number of hydrogen-bond donors (Lipinski definition) is 1. The Labute approximate surface area is 150 Å². The van der Waals surface area contributed by atoms with E-state index in [1.165, 1.54) is 12.2 Å². The number of unbranched alkanes of at least 4 members (excludes halogenated alkanes) is 1. The monoisotopic (exact) mass is 276 g/mol. The van der Waals surface area contributed by atoms with E-state index in [0.717, 1.165) is 17.7 Å². The molecule has 6 heteroatoms. The average Bonchev–Trinajstić information content (AvgIpc) is 2.61. The van der Waals surface area contributed by atoms with Gasteiger partial charge in [-0.2, -0.15) is 6.42 Å². The second-order valence-corrected chi connectivity index (χ2v) is 3.82. The second kappa shape index (κ2) is 9.86. The first-order valence-corrected chi connectivity index (χ1v) is 5.74. The van der Waals surface area contributed by atoms with Gasteiger partial charge in [0.25, 0.3) is 11.8 Å². The molecule has 1 aliphatic rings. The van der Waals surface area contributed by atoms with Crippen LogP contribution in [-0.4, -0.2) is 35.7 Å². The summed E-state index contributed by atoms with van der Waals surface area (Å²) in [6.45, 7) is 4.60. The minimum absolute atomic E-state index is 0. The fourth-order valence-electron chi connectivity index (χ4n) is 1.49. The standard InChI is InChI=1S/C12H17N2O3.K/c1-2-3-8-13-10(15)5-4-9-14-11(16)6-7-12(14)17;/h6-7H,1-5,8-9H2,(H,13,15);/q-1;+1. The Morgan fingerprint density at radius 3 is 2.39 bits per heavy atom. The summed E-state index contributed by atoms with van der Waals surface area (Å²) in [4.78, 5) is 34.8. The van der Waals surface area contributed by atoms with Gasteiger partial charge in [-0.15, -0.1) is 0 Å². The van der Waals surface area contributed by atoms with Gasteiger partial charge in [0.05, 0.1) is 0 Å². The molecule has 0 fully saturated rings. The van der Waals surface area contributed by atoms with Gasteiger partial charge in [-0.3, -0.25) is 19.3 Å². The molecule has 0 atom stereocenters. The van der Waals surface area contributed by atoms with Crippen LogP contribution in [0.2, 0.25) is 0 Å². The molecular formula is C12H17KN2O3. The molecule has 94 valence electrons. The molecular weight excluding hydrogens is 259 g/mol. The molecule has 0 aromatic rings. The quantitative estimate of drug-likeness (QED) is 0.240. The molecule has 0 saturated heterocycles. The maximum atomic E-state index is 11.3. The van der Waals surface area contributed by atoms with Gasteiger partial charge in [0.1, 0.15) is 0 Å². The molecule has 0 aromatic heterocycles. The van der Waals surface area contributed by atoms with Crippen LogP contribution in [0.15, 0.2) is 12.2 Å². The van der Waals surface area contributed by atoms with Crippen LogP contribution in [0.3, 0.4) is 0 Å². The van der Waals surface area contributed by atoms with Crippen molar-refractivity contribution in [1.29, 1.82) is 0 Å². The Kier molecular flexibility index (Phi) is 9.85. The largest absolute Gasteiger partial charge is 1.00 e. The molecule has 1 aliphatic heterocycles. The SMILES string of the molecule is [CH2-]CCCNC(=O)CCCN1C(=O)C=CC1=O.[K+]. The van der Waals surface area contributed by atoms with Crippen molar-refractivity contribution in [3.63, 3.8) is 0 Å². The maximum Gasteiger partial charge on any atom is 1.00 e. The third-order valence-corrected chi connectivity index (χ3v) is 2.44. The van der Waals surface area contributed by atoms with E-state index in [9.17, 15) is 14.4 Å². The maximum absolute atomic E-state index is 11.3. The predicted molar refractivity (Wildman–Crippen MR) is 62.7 cm³/mol. The zero-order valence-electron chi connectivity index (χ0n) is 10.8.